The number of amides is 1. The number of nitrogens with one attached hydrogen (secondary N) is 1. The highest BCUT2D eigenvalue weighted by Crippen LogP contribution is 2.17. The normalized spacial score (nSPS) is 15.1. The lowest BCUT2D eigenvalue weighted by molar-refractivity contribution is 0.0941. The Morgan fingerprint density at radius 1 is 1.03 bits per heavy atom. The van der Waals surface area contributed by atoms with Gasteiger partial charge in [0.05, 0.1) is 11.4 Å². The second-order valence-electron chi connectivity index (χ2n) is 8.13. The van der Waals surface area contributed by atoms with E-state index in [1.165, 1.54) is 5.56 Å². The monoisotopic (exact) mass is 496 g/mol. The zero-order valence-electron chi connectivity index (χ0n) is 18.4. The summed E-state index contributed by atoms with van der Waals surface area (Å²) in [5, 5.41) is 11.3. The van der Waals surface area contributed by atoms with Crippen LogP contribution in [0.25, 0.3) is 5.69 Å². The van der Waals surface area contributed by atoms with Gasteiger partial charge in [0.1, 0.15) is 0 Å². The number of benzene rings is 2. The van der Waals surface area contributed by atoms with E-state index in [1.807, 2.05) is 31.2 Å². The predicted octanol–water partition coefficient (Wildman–Crippen LogP) is 3.28. The number of carbonyl (C=O) groups excluding carboxylic acids is 1. The molecule has 1 N–H and O–H groups in total. The smallest absolute Gasteiger partial charge is 0.273 e. The van der Waals surface area contributed by atoms with Crippen LogP contribution in [0.1, 0.15) is 28.2 Å². The number of hydrogen-bond donors (Lipinski definition) is 1. The summed E-state index contributed by atoms with van der Waals surface area (Å²) in [7, 11) is 0. The molecule has 1 aliphatic heterocycles. The van der Waals surface area contributed by atoms with E-state index >= 15 is 0 Å². The van der Waals surface area contributed by atoms with Gasteiger partial charge in [0.25, 0.3) is 5.91 Å². The SMILES string of the molecule is Cc1c(C(=O)NCCCN2CCN(Cc3ccccc3)CC2)nnn1-c1cccc(Br)c1. The molecular weight excluding hydrogens is 468 g/mol. The van der Waals surface area contributed by atoms with Crippen LogP contribution in [-0.4, -0.2) is 70.0 Å². The molecule has 0 aliphatic carbocycles. The minimum atomic E-state index is -0.170. The van der Waals surface area contributed by atoms with Crippen molar-refractivity contribution < 1.29 is 4.79 Å². The molecule has 0 unspecified atom stereocenters. The summed E-state index contributed by atoms with van der Waals surface area (Å²) in [6.45, 7) is 8.81. The van der Waals surface area contributed by atoms with Crippen molar-refractivity contribution >= 4 is 21.8 Å². The molecule has 2 heterocycles. The van der Waals surface area contributed by atoms with Crippen molar-refractivity contribution in [1.29, 1.82) is 0 Å². The molecule has 0 atom stereocenters. The molecule has 168 valence electrons. The average molecular weight is 497 g/mol. The van der Waals surface area contributed by atoms with Crippen LogP contribution in [0.2, 0.25) is 0 Å². The lowest BCUT2D eigenvalue weighted by Crippen LogP contribution is -2.46. The van der Waals surface area contributed by atoms with E-state index in [0.717, 1.165) is 61.5 Å². The number of rotatable bonds is 8. The van der Waals surface area contributed by atoms with E-state index in [2.05, 4.69) is 71.7 Å². The fourth-order valence-corrected chi connectivity index (χ4v) is 4.38. The Morgan fingerprint density at radius 2 is 1.78 bits per heavy atom. The third-order valence-electron chi connectivity index (χ3n) is 5.81. The van der Waals surface area contributed by atoms with Gasteiger partial charge in [-0.25, -0.2) is 4.68 Å². The molecule has 2 aromatic carbocycles. The molecule has 0 radical (unpaired) electrons. The van der Waals surface area contributed by atoms with Gasteiger partial charge in [-0.15, -0.1) is 5.10 Å². The molecule has 3 aromatic rings. The number of carbonyl (C=O) groups is 1. The molecular formula is C24H29BrN6O. The Hall–Kier alpha value is -2.55. The lowest BCUT2D eigenvalue weighted by Gasteiger charge is -2.34. The number of hydrogen-bond acceptors (Lipinski definition) is 5. The first-order valence-electron chi connectivity index (χ1n) is 11.1. The van der Waals surface area contributed by atoms with Gasteiger partial charge in [0.2, 0.25) is 0 Å². The molecule has 1 saturated heterocycles. The van der Waals surface area contributed by atoms with E-state index in [0.29, 0.717) is 12.2 Å². The number of piperazine rings is 1. The van der Waals surface area contributed by atoms with Crippen molar-refractivity contribution in [2.75, 3.05) is 39.3 Å². The highest BCUT2D eigenvalue weighted by atomic mass is 79.9. The third-order valence-corrected chi connectivity index (χ3v) is 6.31. The summed E-state index contributed by atoms with van der Waals surface area (Å²) in [6, 6.07) is 18.4. The van der Waals surface area contributed by atoms with Crippen LogP contribution in [0.5, 0.6) is 0 Å². The van der Waals surface area contributed by atoms with Gasteiger partial charge < -0.3 is 10.2 Å². The van der Waals surface area contributed by atoms with Crippen molar-refractivity contribution in [2.24, 2.45) is 0 Å². The first kappa shape index (κ1) is 22.6. The van der Waals surface area contributed by atoms with Crippen LogP contribution in [-0.2, 0) is 6.54 Å². The topological polar surface area (TPSA) is 66.3 Å². The Balaban J connectivity index is 1.18. The molecule has 1 aliphatic rings. The van der Waals surface area contributed by atoms with Gasteiger partial charge in [0, 0.05) is 43.7 Å². The van der Waals surface area contributed by atoms with Crippen molar-refractivity contribution in [3.05, 3.63) is 76.0 Å². The summed E-state index contributed by atoms with van der Waals surface area (Å²) >= 11 is 3.47. The van der Waals surface area contributed by atoms with Gasteiger partial charge in [-0.3, -0.25) is 9.69 Å². The molecule has 1 fully saturated rings. The van der Waals surface area contributed by atoms with Gasteiger partial charge in [-0.2, -0.15) is 0 Å². The van der Waals surface area contributed by atoms with Crippen LogP contribution in [0.4, 0.5) is 0 Å². The van der Waals surface area contributed by atoms with E-state index < -0.39 is 0 Å². The summed E-state index contributed by atoms with van der Waals surface area (Å²) in [4.78, 5) is 17.6. The van der Waals surface area contributed by atoms with Crippen molar-refractivity contribution in [2.45, 2.75) is 19.9 Å². The summed E-state index contributed by atoms with van der Waals surface area (Å²) in [5.41, 5.74) is 3.35. The Kier molecular flexibility index (Phi) is 7.68. The second kappa shape index (κ2) is 10.8. The molecule has 1 aromatic heterocycles. The van der Waals surface area contributed by atoms with Crippen LogP contribution in [0.3, 0.4) is 0 Å². The molecule has 4 rings (SSSR count). The quantitative estimate of drug-likeness (QED) is 0.484. The maximum atomic E-state index is 12.6. The number of nitrogens with zero attached hydrogens (tertiary/aromatic N) is 5. The summed E-state index contributed by atoms with van der Waals surface area (Å²) < 4.78 is 2.64. The molecule has 0 bridgehead atoms. The van der Waals surface area contributed by atoms with Crippen LogP contribution in [0, 0.1) is 6.92 Å². The fraction of sp³-hybridized carbons (Fsp3) is 0.375. The molecule has 32 heavy (non-hydrogen) atoms. The molecule has 7 nitrogen and oxygen atoms in total. The van der Waals surface area contributed by atoms with Gasteiger partial charge in [-0.05, 0) is 43.7 Å². The highest BCUT2D eigenvalue weighted by molar-refractivity contribution is 9.10. The predicted molar refractivity (Wildman–Crippen MR) is 129 cm³/mol. The molecule has 8 heteroatoms. The summed E-state index contributed by atoms with van der Waals surface area (Å²) in [5.74, 6) is -0.170. The van der Waals surface area contributed by atoms with E-state index in [-0.39, 0.29) is 5.91 Å². The minimum absolute atomic E-state index is 0.170. The molecule has 0 saturated carbocycles. The molecule has 0 spiro atoms. The van der Waals surface area contributed by atoms with Crippen molar-refractivity contribution in [3.63, 3.8) is 0 Å². The highest BCUT2D eigenvalue weighted by Gasteiger charge is 2.18. The standard InChI is InChI=1S/C24H29BrN6O/c1-19-23(27-28-31(19)22-10-5-9-21(25)17-22)24(32)26-11-6-12-29-13-15-30(16-14-29)18-20-7-3-2-4-8-20/h2-5,7-10,17H,6,11-16,18H2,1H3,(H,26,32). The Bertz CT molecular complexity index is 1030. The van der Waals surface area contributed by atoms with E-state index in [9.17, 15) is 4.79 Å². The Labute approximate surface area is 197 Å². The minimum Gasteiger partial charge on any atom is -0.351 e. The maximum absolute atomic E-state index is 12.6. The largest absolute Gasteiger partial charge is 0.351 e. The second-order valence-corrected chi connectivity index (χ2v) is 9.04. The van der Waals surface area contributed by atoms with E-state index in [1.54, 1.807) is 4.68 Å². The Morgan fingerprint density at radius 3 is 2.53 bits per heavy atom. The zero-order valence-corrected chi connectivity index (χ0v) is 20.0. The average Bonchev–Trinajstić information content (AvgIpc) is 3.20. The number of halogens is 1. The van der Waals surface area contributed by atoms with Crippen LogP contribution >= 0.6 is 15.9 Å². The van der Waals surface area contributed by atoms with Gasteiger partial charge in [-0.1, -0.05) is 57.5 Å². The first-order valence-corrected chi connectivity index (χ1v) is 11.8. The van der Waals surface area contributed by atoms with Crippen molar-refractivity contribution in [1.82, 2.24) is 30.1 Å². The maximum Gasteiger partial charge on any atom is 0.273 e. The fourth-order valence-electron chi connectivity index (χ4n) is 3.99. The van der Waals surface area contributed by atoms with Crippen LogP contribution in [0.15, 0.2) is 59.1 Å². The molecule has 1 amide bonds. The van der Waals surface area contributed by atoms with Gasteiger partial charge in [0.15, 0.2) is 5.69 Å². The summed E-state index contributed by atoms with van der Waals surface area (Å²) in [6.07, 6.45) is 0.920. The lowest BCUT2D eigenvalue weighted by atomic mass is 10.2. The first-order chi connectivity index (χ1) is 15.6. The zero-order chi connectivity index (χ0) is 22.3. The van der Waals surface area contributed by atoms with Crippen molar-refractivity contribution in [3.8, 4) is 5.69 Å². The van der Waals surface area contributed by atoms with Crippen LogP contribution < -0.4 is 5.32 Å². The van der Waals surface area contributed by atoms with Gasteiger partial charge >= 0.3 is 0 Å². The van der Waals surface area contributed by atoms with E-state index in [4.69, 9.17) is 0 Å². The number of aromatic nitrogens is 3. The third kappa shape index (κ3) is 5.82.